The van der Waals surface area contributed by atoms with Crippen molar-refractivity contribution >= 4 is 11.9 Å². The number of carbonyl (C=O) groups excluding carboxylic acids is 1. The maximum Gasteiger partial charge on any atom is 0.305 e. The fourth-order valence-electron chi connectivity index (χ4n) is 1.000. The Labute approximate surface area is 111 Å². The summed E-state index contributed by atoms with van der Waals surface area (Å²) in [5.74, 6) is -0.164. The van der Waals surface area contributed by atoms with Crippen molar-refractivity contribution in [2.75, 3.05) is 6.61 Å². The van der Waals surface area contributed by atoms with E-state index in [2.05, 4.69) is 20.8 Å². The normalized spacial score (nSPS) is 9.61. The summed E-state index contributed by atoms with van der Waals surface area (Å²) >= 11 is 0. The summed E-state index contributed by atoms with van der Waals surface area (Å²) in [7, 11) is 0. The second kappa shape index (κ2) is 14.0. The third-order valence-corrected chi connectivity index (χ3v) is 2.25. The molecule has 0 saturated carbocycles. The first-order valence-corrected chi connectivity index (χ1v) is 6.81. The van der Waals surface area contributed by atoms with Gasteiger partial charge in [0.25, 0.3) is 0 Å². The van der Waals surface area contributed by atoms with Gasteiger partial charge in [-0.15, -0.1) is 0 Å². The summed E-state index contributed by atoms with van der Waals surface area (Å²) in [6.45, 7) is 8.57. The van der Waals surface area contributed by atoms with Crippen LogP contribution in [0.1, 0.15) is 66.2 Å². The highest BCUT2D eigenvalue weighted by molar-refractivity contribution is 5.69. The summed E-state index contributed by atoms with van der Waals surface area (Å²) in [5.41, 5.74) is 0. The van der Waals surface area contributed by atoms with Gasteiger partial charge >= 0.3 is 11.9 Å². The first kappa shape index (κ1) is 19.3. The molecule has 0 unspecified atom stereocenters. The van der Waals surface area contributed by atoms with Crippen LogP contribution in [-0.4, -0.2) is 23.7 Å². The van der Waals surface area contributed by atoms with Crippen molar-refractivity contribution in [1.82, 2.24) is 0 Å². The molecule has 4 nitrogen and oxygen atoms in total. The molecule has 0 fully saturated rings. The fraction of sp³-hybridized carbons (Fsp3) is 0.857. The molecular formula is C14H28O4. The Bertz CT molecular complexity index is 212. The van der Waals surface area contributed by atoms with E-state index in [1.54, 1.807) is 6.92 Å². The number of unbranched alkanes of at least 4 members (excludes halogenated alkanes) is 2. The first-order chi connectivity index (χ1) is 8.43. The Balaban J connectivity index is 0. The van der Waals surface area contributed by atoms with Crippen molar-refractivity contribution in [1.29, 1.82) is 0 Å². The van der Waals surface area contributed by atoms with E-state index in [1.165, 1.54) is 0 Å². The smallest absolute Gasteiger partial charge is 0.305 e. The number of aliphatic carboxylic acids is 1. The Morgan fingerprint density at radius 2 is 1.72 bits per heavy atom. The van der Waals surface area contributed by atoms with Crippen LogP contribution in [0.4, 0.5) is 0 Å². The predicted molar refractivity (Wildman–Crippen MR) is 72.5 cm³/mol. The maximum absolute atomic E-state index is 11.1. The van der Waals surface area contributed by atoms with Gasteiger partial charge in [-0.3, -0.25) is 9.59 Å². The number of hydrogen-bond acceptors (Lipinski definition) is 3. The Morgan fingerprint density at radius 3 is 2.11 bits per heavy atom. The Hall–Kier alpha value is -1.06. The van der Waals surface area contributed by atoms with Gasteiger partial charge in [-0.1, -0.05) is 40.5 Å². The average molecular weight is 260 g/mol. The molecule has 0 aromatic rings. The molecule has 0 radical (unpaired) electrons. The number of ether oxygens (including phenoxy) is 1. The monoisotopic (exact) mass is 260 g/mol. The van der Waals surface area contributed by atoms with Gasteiger partial charge in [-0.25, -0.2) is 0 Å². The van der Waals surface area contributed by atoms with Crippen molar-refractivity contribution in [2.24, 2.45) is 5.92 Å². The van der Waals surface area contributed by atoms with Gasteiger partial charge in [0.1, 0.15) is 0 Å². The summed E-state index contributed by atoms with van der Waals surface area (Å²) in [5, 5.41) is 7.72. The van der Waals surface area contributed by atoms with Gasteiger partial charge < -0.3 is 9.84 Å². The molecule has 0 aliphatic heterocycles. The van der Waals surface area contributed by atoms with Crippen LogP contribution in [0.15, 0.2) is 0 Å². The molecular weight excluding hydrogens is 232 g/mol. The number of rotatable bonds is 8. The lowest BCUT2D eigenvalue weighted by Gasteiger charge is -2.06. The van der Waals surface area contributed by atoms with E-state index in [9.17, 15) is 9.59 Å². The zero-order chi connectivity index (χ0) is 14.4. The Morgan fingerprint density at radius 1 is 1.17 bits per heavy atom. The summed E-state index contributed by atoms with van der Waals surface area (Å²) in [4.78, 5) is 20.4. The van der Waals surface area contributed by atoms with E-state index < -0.39 is 5.97 Å². The highest BCUT2D eigenvalue weighted by Gasteiger charge is 2.02. The molecule has 0 spiro atoms. The van der Waals surface area contributed by atoms with E-state index in [1.807, 2.05) is 0 Å². The van der Waals surface area contributed by atoms with Crippen molar-refractivity contribution in [3.8, 4) is 0 Å². The van der Waals surface area contributed by atoms with Gasteiger partial charge in [0.05, 0.1) is 6.61 Å². The molecule has 0 aromatic heterocycles. The van der Waals surface area contributed by atoms with Crippen LogP contribution in [0.25, 0.3) is 0 Å². The molecule has 4 heteroatoms. The molecule has 0 bridgehead atoms. The minimum Gasteiger partial charge on any atom is -0.481 e. The topological polar surface area (TPSA) is 63.6 Å². The van der Waals surface area contributed by atoms with Gasteiger partial charge in [-0.05, 0) is 18.8 Å². The summed E-state index contributed by atoms with van der Waals surface area (Å²) < 4.78 is 5.06. The van der Waals surface area contributed by atoms with Crippen molar-refractivity contribution in [3.63, 3.8) is 0 Å². The van der Waals surface area contributed by atoms with Crippen LogP contribution in [0, 0.1) is 5.92 Å². The van der Waals surface area contributed by atoms with E-state index >= 15 is 0 Å². The molecule has 0 saturated heterocycles. The molecule has 0 amide bonds. The number of carbonyl (C=O) groups is 2. The van der Waals surface area contributed by atoms with Crippen molar-refractivity contribution in [2.45, 2.75) is 66.2 Å². The minimum atomic E-state index is -0.745. The molecule has 0 aliphatic rings. The standard InChI is InChI=1S/C11H22O2.C3H6O2/c1-4-5-6-7-11(12)13-9-8-10(2)3;1-2-3(4)5/h10H,4-9H2,1-3H3;2H2,1H3,(H,4,5). The zero-order valence-corrected chi connectivity index (χ0v) is 12.2. The molecule has 0 aromatic carbocycles. The largest absolute Gasteiger partial charge is 0.481 e. The lowest BCUT2D eigenvalue weighted by molar-refractivity contribution is -0.144. The maximum atomic E-state index is 11.1. The van der Waals surface area contributed by atoms with Crippen LogP contribution in [-0.2, 0) is 14.3 Å². The highest BCUT2D eigenvalue weighted by atomic mass is 16.5. The fourth-order valence-corrected chi connectivity index (χ4v) is 1.000. The van der Waals surface area contributed by atoms with E-state index in [4.69, 9.17) is 9.84 Å². The van der Waals surface area contributed by atoms with Gasteiger partial charge in [0.2, 0.25) is 0 Å². The molecule has 0 rings (SSSR count). The van der Waals surface area contributed by atoms with Crippen LogP contribution in [0.5, 0.6) is 0 Å². The lowest BCUT2D eigenvalue weighted by Crippen LogP contribution is -2.07. The predicted octanol–water partition coefficient (Wildman–Crippen LogP) is 3.64. The number of carboxylic acid groups (broad SMARTS) is 1. The first-order valence-electron chi connectivity index (χ1n) is 6.81. The van der Waals surface area contributed by atoms with Crippen LogP contribution >= 0.6 is 0 Å². The third kappa shape index (κ3) is 20.4. The average Bonchev–Trinajstić information content (AvgIpc) is 2.29. The Kier molecular flexibility index (Phi) is 15.0. The molecule has 108 valence electrons. The summed E-state index contributed by atoms with van der Waals surface area (Å²) in [6.07, 6.45) is 5.03. The number of carboxylic acids is 1. The third-order valence-electron chi connectivity index (χ3n) is 2.25. The molecule has 18 heavy (non-hydrogen) atoms. The van der Waals surface area contributed by atoms with E-state index in [0.717, 1.165) is 25.7 Å². The van der Waals surface area contributed by atoms with Crippen LogP contribution in [0.2, 0.25) is 0 Å². The number of esters is 1. The van der Waals surface area contributed by atoms with Gasteiger partial charge in [0.15, 0.2) is 0 Å². The number of hydrogen-bond donors (Lipinski definition) is 1. The minimum absolute atomic E-state index is 0.0332. The van der Waals surface area contributed by atoms with Gasteiger partial charge in [0, 0.05) is 12.8 Å². The molecule has 0 aliphatic carbocycles. The van der Waals surface area contributed by atoms with Crippen molar-refractivity contribution < 1.29 is 19.4 Å². The molecule has 0 atom stereocenters. The highest BCUT2D eigenvalue weighted by Crippen LogP contribution is 2.03. The SMILES string of the molecule is CCC(=O)O.CCCCCC(=O)OCCC(C)C. The van der Waals surface area contributed by atoms with E-state index in [-0.39, 0.29) is 12.4 Å². The zero-order valence-electron chi connectivity index (χ0n) is 12.2. The quantitative estimate of drug-likeness (QED) is 0.534. The van der Waals surface area contributed by atoms with Crippen LogP contribution < -0.4 is 0 Å². The van der Waals surface area contributed by atoms with Crippen molar-refractivity contribution in [3.05, 3.63) is 0 Å². The molecule has 0 heterocycles. The van der Waals surface area contributed by atoms with Gasteiger partial charge in [-0.2, -0.15) is 0 Å². The lowest BCUT2D eigenvalue weighted by atomic mass is 10.1. The van der Waals surface area contributed by atoms with E-state index in [0.29, 0.717) is 18.9 Å². The second-order valence-electron chi connectivity index (χ2n) is 4.61. The summed E-state index contributed by atoms with van der Waals surface area (Å²) in [6, 6.07) is 0. The second-order valence-corrected chi connectivity index (χ2v) is 4.61. The molecule has 1 N–H and O–H groups in total. The van der Waals surface area contributed by atoms with Crippen LogP contribution in [0.3, 0.4) is 0 Å².